The molecule has 5 heteroatoms. The summed E-state index contributed by atoms with van der Waals surface area (Å²) < 4.78 is 6.17. The zero-order chi connectivity index (χ0) is 28.2. The van der Waals surface area contributed by atoms with Crippen LogP contribution < -0.4 is 10.6 Å². The molecule has 0 spiro atoms. The normalized spacial score (nSPS) is 44.7. The highest BCUT2D eigenvalue weighted by Crippen LogP contribution is 2.48. The SMILES string of the molecule is CC1CCC(CCC2CCC3C(CCC4C3NC(C)NC4N3CCN(CCOCC4CCC(C)CC4)CC3)C2)CC1. The van der Waals surface area contributed by atoms with Crippen LogP contribution in [0.1, 0.15) is 117 Å². The van der Waals surface area contributed by atoms with Crippen LogP contribution in [0.2, 0.25) is 0 Å². The Morgan fingerprint density at radius 1 is 0.634 bits per heavy atom. The fourth-order valence-electron chi connectivity index (χ4n) is 10.3. The van der Waals surface area contributed by atoms with Gasteiger partial charge in [-0.15, -0.1) is 0 Å². The Balaban J connectivity index is 0.924. The number of hydrogen-bond acceptors (Lipinski definition) is 5. The Morgan fingerprint density at radius 3 is 2.00 bits per heavy atom. The lowest BCUT2D eigenvalue weighted by Gasteiger charge is -2.56. The van der Waals surface area contributed by atoms with Crippen LogP contribution in [0.3, 0.4) is 0 Å². The van der Waals surface area contributed by atoms with Gasteiger partial charge in [-0.3, -0.25) is 20.4 Å². The third-order valence-electron chi connectivity index (χ3n) is 13.2. The third kappa shape index (κ3) is 8.10. The third-order valence-corrected chi connectivity index (χ3v) is 13.2. The standard InChI is InChI=1S/C36H66N4O/c1-26-4-8-29(9-5-26)12-13-30-14-16-33-32(24-30)15-17-34-35(33)37-28(3)38-36(34)40-20-18-39(19-21-40)22-23-41-25-31-10-6-27(2)7-11-31/h26-38H,4-25H2,1-3H3. The van der Waals surface area contributed by atoms with Crippen LogP contribution in [-0.2, 0) is 4.74 Å². The van der Waals surface area contributed by atoms with Gasteiger partial charge in [0.25, 0.3) is 0 Å². The molecule has 6 aliphatic rings. The maximum Gasteiger partial charge on any atom is 0.0654 e. The van der Waals surface area contributed by atoms with Crippen molar-refractivity contribution >= 4 is 0 Å². The highest BCUT2D eigenvalue weighted by atomic mass is 16.5. The first-order chi connectivity index (χ1) is 20.0. The summed E-state index contributed by atoms with van der Waals surface area (Å²) in [5.74, 6) is 7.48. The molecule has 6 rings (SSSR count). The van der Waals surface area contributed by atoms with Crippen LogP contribution in [-0.4, -0.2) is 74.1 Å². The molecule has 2 N–H and O–H groups in total. The Kier molecular flexibility index (Phi) is 11.1. The largest absolute Gasteiger partial charge is 0.380 e. The summed E-state index contributed by atoms with van der Waals surface area (Å²) in [6, 6.07) is 0.727. The minimum Gasteiger partial charge on any atom is -0.380 e. The fourth-order valence-corrected chi connectivity index (χ4v) is 10.3. The van der Waals surface area contributed by atoms with Crippen molar-refractivity contribution in [2.75, 3.05) is 45.9 Å². The summed E-state index contributed by atoms with van der Waals surface area (Å²) in [4.78, 5) is 5.49. The van der Waals surface area contributed by atoms with E-state index in [2.05, 4.69) is 41.2 Å². The maximum absolute atomic E-state index is 6.17. The van der Waals surface area contributed by atoms with Gasteiger partial charge in [0, 0.05) is 51.3 Å². The van der Waals surface area contributed by atoms with Crippen molar-refractivity contribution in [2.45, 2.75) is 135 Å². The van der Waals surface area contributed by atoms with Crippen LogP contribution in [0, 0.1) is 47.3 Å². The predicted molar refractivity (Wildman–Crippen MR) is 171 cm³/mol. The maximum atomic E-state index is 6.17. The van der Waals surface area contributed by atoms with E-state index in [1.165, 1.54) is 122 Å². The number of fused-ring (bicyclic) bond motifs is 3. The van der Waals surface area contributed by atoms with Gasteiger partial charge in [0.1, 0.15) is 0 Å². The second kappa shape index (κ2) is 14.7. The number of ether oxygens (including phenoxy) is 1. The van der Waals surface area contributed by atoms with Crippen LogP contribution in [0.4, 0.5) is 0 Å². The van der Waals surface area contributed by atoms with Crippen LogP contribution in [0.25, 0.3) is 0 Å². The molecule has 236 valence electrons. The minimum atomic E-state index is 0.431. The zero-order valence-electron chi connectivity index (χ0n) is 27.2. The molecule has 0 aromatic carbocycles. The number of nitrogens with one attached hydrogen (secondary N) is 2. The molecule has 7 unspecified atom stereocenters. The van der Waals surface area contributed by atoms with Crippen LogP contribution in [0.5, 0.6) is 0 Å². The van der Waals surface area contributed by atoms with E-state index >= 15 is 0 Å². The molecular formula is C36H66N4O. The van der Waals surface area contributed by atoms with Crippen molar-refractivity contribution in [1.82, 2.24) is 20.4 Å². The van der Waals surface area contributed by atoms with Gasteiger partial charge in [0.2, 0.25) is 0 Å². The monoisotopic (exact) mass is 571 g/mol. The molecule has 0 aromatic rings. The lowest BCUT2D eigenvalue weighted by Crippen LogP contribution is -2.71. The molecule has 2 heterocycles. The number of piperazine rings is 1. The molecule has 0 bridgehead atoms. The van der Waals surface area contributed by atoms with E-state index < -0.39 is 0 Å². The molecule has 2 aliphatic heterocycles. The first-order valence-electron chi connectivity index (χ1n) is 18.6. The van der Waals surface area contributed by atoms with Crippen molar-refractivity contribution in [2.24, 2.45) is 47.3 Å². The van der Waals surface area contributed by atoms with Crippen molar-refractivity contribution in [1.29, 1.82) is 0 Å². The molecule has 7 atom stereocenters. The number of rotatable bonds is 9. The lowest BCUT2D eigenvalue weighted by atomic mass is 9.60. The molecule has 5 nitrogen and oxygen atoms in total. The average Bonchev–Trinajstić information content (AvgIpc) is 2.99. The predicted octanol–water partition coefficient (Wildman–Crippen LogP) is 6.73. The second-order valence-electron chi connectivity index (χ2n) is 16.2. The van der Waals surface area contributed by atoms with Gasteiger partial charge < -0.3 is 4.74 Å². The topological polar surface area (TPSA) is 39.8 Å². The molecule has 41 heavy (non-hydrogen) atoms. The van der Waals surface area contributed by atoms with E-state index in [9.17, 15) is 0 Å². The van der Waals surface area contributed by atoms with E-state index in [0.717, 1.165) is 73.1 Å². The van der Waals surface area contributed by atoms with Gasteiger partial charge in [-0.05, 0) is 86.9 Å². The summed E-state index contributed by atoms with van der Waals surface area (Å²) in [6.07, 6.45) is 23.1. The van der Waals surface area contributed by atoms with E-state index in [1.54, 1.807) is 0 Å². The summed E-state index contributed by atoms with van der Waals surface area (Å²) in [7, 11) is 0. The smallest absolute Gasteiger partial charge is 0.0654 e. The molecule has 4 saturated carbocycles. The molecule has 4 aliphatic carbocycles. The quantitative estimate of drug-likeness (QED) is 0.301. The average molecular weight is 571 g/mol. The molecule has 2 saturated heterocycles. The van der Waals surface area contributed by atoms with Crippen LogP contribution >= 0.6 is 0 Å². The highest BCUT2D eigenvalue weighted by molar-refractivity contribution is 5.03. The van der Waals surface area contributed by atoms with E-state index in [0.29, 0.717) is 12.3 Å². The van der Waals surface area contributed by atoms with E-state index in [1.807, 2.05) is 0 Å². The Morgan fingerprint density at radius 2 is 1.27 bits per heavy atom. The van der Waals surface area contributed by atoms with Gasteiger partial charge in [0.15, 0.2) is 0 Å². The second-order valence-corrected chi connectivity index (χ2v) is 16.2. The Bertz CT molecular complexity index is 770. The molecule has 0 radical (unpaired) electrons. The molecule has 0 amide bonds. The van der Waals surface area contributed by atoms with Gasteiger partial charge >= 0.3 is 0 Å². The van der Waals surface area contributed by atoms with E-state index in [4.69, 9.17) is 4.74 Å². The summed E-state index contributed by atoms with van der Waals surface area (Å²) in [5, 5.41) is 8.12. The number of nitrogens with zero attached hydrogens (tertiary/aromatic N) is 2. The summed E-state index contributed by atoms with van der Waals surface area (Å²) >= 11 is 0. The molecule has 0 aromatic heterocycles. The van der Waals surface area contributed by atoms with E-state index in [-0.39, 0.29) is 0 Å². The summed E-state index contributed by atoms with van der Waals surface area (Å²) in [5.41, 5.74) is 0. The highest BCUT2D eigenvalue weighted by Gasteiger charge is 2.48. The van der Waals surface area contributed by atoms with Crippen molar-refractivity contribution in [3.63, 3.8) is 0 Å². The fraction of sp³-hybridized carbons (Fsp3) is 1.00. The minimum absolute atomic E-state index is 0.431. The first-order valence-corrected chi connectivity index (χ1v) is 18.6. The van der Waals surface area contributed by atoms with Gasteiger partial charge in [0.05, 0.1) is 18.9 Å². The summed E-state index contributed by atoms with van der Waals surface area (Å²) in [6.45, 7) is 15.1. The number of hydrogen-bond donors (Lipinski definition) is 2. The van der Waals surface area contributed by atoms with Gasteiger partial charge in [-0.25, -0.2) is 0 Å². The van der Waals surface area contributed by atoms with Gasteiger partial charge in [-0.2, -0.15) is 0 Å². The van der Waals surface area contributed by atoms with Crippen LogP contribution in [0.15, 0.2) is 0 Å². The Hall–Kier alpha value is -0.200. The molecular weight excluding hydrogens is 504 g/mol. The van der Waals surface area contributed by atoms with Gasteiger partial charge in [-0.1, -0.05) is 71.6 Å². The van der Waals surface area contributed by atoms with Crippen molar-refractivity contribution < 1.29 is 4.74 Å². The Labute approximate surface area is 253 Å². The first kappa shape index (κ1) is 30.8. The molecule has 6 fully saturated rings. The zero-order valence-corrected chi connectivity index (χ0v) is 27.2. The lowest BCUT2D eigenvalue weighted by molar-refractivity contribution is -0.0498. The van der Waals surface area contributed by atoms with Crippen molar-refractivity contribution in [3.8, 4) is 0 Å². The van der Waals surface area contributed by atoms with Crippen molar-refractivity contribution in [3.05, 3.63) is 0 Å².